The van der Waals surface area contributed by atoms with Crippen LogP contribution < -0.4 is 0 Å². The Balaban J connectivity index is 2.32. The van der Waals surface area contributed by atoms with Gasteiger partial charge in [-0.25, -0.2) is 0 Å². The molecule has 0 amide bonds. The first kappa shape index (κ1) is 9.06. The molecule has 12 heavy (non-hydrogen) atoms. The Labute approximate surface area is 73.9 Å². The molecule has 0 spiro atoms. The average Bonchev–Trinajstić information content (AvgIpc) is 2.15. The molecule has 0 radical (unpaired) electrons. The van der Waals surface area contributed by atoms with Gasteiger partial charge in [-0.15, -0.1) is 6.42 Å². The fourth-order valence-corrected chi connectivity index (χ4v) is 1.59. The molecule has 1 nitrogen and oxygen atoms in total. The molecule has 0 saturated carbocycles. The number of hydrogen-bond donors (Lipinski definition) is 0. The van der Waals surface area contributed by atoms with Crippen molar-refractivity contribution in [1.82, 2.24) is 0 Å². The zero-order valence-electron chi connectivity index (χ0n) is 7.25. The van der Waals surface area contributed by atoms with Gasteiger partial charge in [0, 0.05) is 6.42 Å². The van der Waals surface area contributed by atoms with E-state index in [1.807, 2.05) is 0 Å². The SMILES string of the molecule is C#CC1=CCC(CCC=O)CC1. The number of carbonyl (C=O) groups is 1. The average molecular weight is 162 g/mol. The van der Waals surface area contributed by atoms with Crippen LogP contribution in [0.5, 0.6) is 0 Å². The summed E-state index contributed by atoms with van der Waals surface area (Å²) in [5, 5.41) is 0. The van der Waals surface area contributed by atoms with Crippen LogP contribution in [0.3, 0.4) is 0 Å². The third kappa shape index (κ3) is 2.54. The largest absolute Gasteiger partial charge is 0.303 e. The molecule has 0 bridgehead atoms. The van der Waals surface area contributed by atoms with Crippen LogP contribution in [0, 0.1) is 18.3 Å². The van der Waals surface area contributed by atoms with Gasteiger partial charge >= 0.3 is 0 Å². The summed E-state index contributed by atoms with van der Waals surface area (Å²) < 4.78 is 0. The Morgan fingerprint density at radius 2 is 2.58 bits per heavy atom. The second kappa shape index (κ2) is 4.77. The molecule has 0 heterocycles. The molecule has 0 fully saturated rings. The van der Waals surface area contributed by atoms with Gasteiger partial charge in [0.15, 0.2) is 0 Å². The quantitative estimate of drug-likeness (QED) is 0.460. The molecule has 64 valence electrons. The molecule has 1 aliphatic carbocycles. The Morgan fingerprint density at radius 1 is 1.75 bits per heavy atom. The fraction of sp³-hybridized carbons (Fsp3) is 0.545. The van der Waals surface area contributed by atoms with Gasteiger partial charge in [0.2, 0.25) is 0 Å². The highest BCUT2D eigenvalue weighted by atomic mass is 16.1. The zero-order valence-corrected chi connectivity index (χ0v) is 7.25. The smallest absolute Gasteiger partial charge is 0.120 e. The highest BCUT2D eigenvalue weighted by Crippen LogP contribution is 2.26. The lowest BCUT2D eigenvalue weighted by atomic mass is 9.87. The van der Waals surface area contributed by atoms with Crippen molar-refractivity contribution in [1.29, 1.82) is 0 Å². The molecule has 0 aliphatic heterocycles. The highest BCUT2D eigenvalue weighted by molar-refractivity contribution is 5.49. The van der Waals surface area contributed by atoms with Crippen molar-refractivity contribution in [3.63, 3.8) is 0 Å². The Kier molecular flexibility index (Phi) is 3.60. The first-order valence-electron chi connectivity index (χ1n) is 4.46. The fourth-order valence-electron chi connectivity index (χ4n) is 1.59. The molecule has 0 saturated heterocycles. The zero-order chi connectivity index (χ0) is 8.81. The number of hydrogen-bond acceptors (Lipinski definition) is 1. The minimum atomic E-state index is 0.687. The number of aldehydes is 1. The van der Waals surface area contributed by atoms with E-state index in [4.69, 9.17) is 6.42 Å². The second-order valence-electron chi connectivity index (χ2n) is 3.26. The summed E-state index contributed by atoms with van der Waals surface area (Å²) in [7, 11) is 0. The van der Waals surface area contributed by atoms with E-state index in [0.29, 0.717) is 12.3 Å². The van der Waals surface area contributed by atoms with Crippen LogP contribution in [0.15, 0.2) is 11.6 Å². The molecule has 1 heteroatoms. The Bertz CT molecular complexity index is 220. The summed E-state index contributed by atoms with van der Waals surface area (Å²) in [6.07, 6.45) is 13.4. The third-order valence-corrected chi connectivity index (χ3v) is 2.40. The predicted molar refractivity (Wildman–Crippen MR) is 49.6 cm³/mol. The number of rotatable bonds is 3. The van der Waals surface area contributed by atoms with E-state index in [1.54, 1.807) is 0 Å². The monoisotopic (exact) mass is 162 g/mol. The first-order valence-corrected chi connectivity index (χ1v) is 4.46. The first-order chi connectivity index (χ1) is 5.86. The van der Waals surface area contributed by atoms with E-state index < -0.39 is 0 Å². The molecule has 0 aromatic heterocycles. The number of terminal acetylenes is 1. The van der Waals surface area contributed by atoms with Crippen LogP contribution in [0.25, 0.3) is 0 Å². The van der Waals surface area contributed by atoms with Crippen molar-refractivity contribution in [2.75, 3.05) is 0 Å². The Hall–Kier alpha value is -1.03. The summed E-state index contributed by atoms with van der Waals surface area (Å²) in [6, 6.07) is 0. The van der Waals surface area contributed by atoms with Crippen LogP contribution in [-0.2, 0) is 4.79 Å². The molecule has 1 rings (SSSR count). The van der Waals surface area contributed by atoms with Crippen LogP contribution in [0.4, 0.5) is 0 Å². The number of carbonyl (C=O) groups excluding carboxylic acids is 1. The van der Waals surface area contributed by atoms with E-state index in [0.717, 1.165) is 37.5 Å². The molecule has 0 aromatic rings. The summed E-state index contributed by atoms with van der Waals surface area (Å²) in [5.41, 5.74) is 1.14. The van der Waals surface area contributed by atoms with Crippen molar-refractivity contribution in [3.8, 4) is 12.3 Å². The van der Waals surface area contributed by atoms with Gasteiger partial charge in [-0.05, 0) is 37.2 Å². The summed E-state index contributed by atoms with van der Waals surface area (Å²) >= 11 is 0. The molecule has 0 aromatic carbocycles. The van der Waals surface area contributed by atoms with E-state index >= 15 is 0 Å². The third-order valence-electron chi connectivity index (χ3n) is 2.40. The molecule has 1 atom stereocenters. The minimum absolute atomic E-state index is 0.687. The van der Waals surface area contributed by atoms with Gasteiger partial charge in [0.1, 0.15) is 6.29 Å². The predicted octanol–water partition coefficient (Wildman–Crippen LogP) is 2.33. The van der Waals surface area contributed by atoms with Crippen molar-refractivity contribution in [3.05, 3.63) is 11.6 Å². The van der Waals surface area contributed by atoms with Gasteiger partial charge in [-0.1, -0.05) is 12.0 Å². The maximum absolute atomic E-state index is 10.1. The molecular formula is C11H14O. The molecule has 1 unspecified atom stereocenters. The summed E-state index contributed by atoms with van der Waals surface area (Å²) in [6.45, 7) is 0. The van der Waals surface area contributed by atoms with E-state index in [9.17, 15) is 4.79 Å². The van der Waals surface area contributed by atoms with Gasteiger partial charge < -0.3 is 4.79 Å². The normalized spacial score (nSPS) is 22.6. The second-order valence-corrected chi connectivity index (χ2v) is 3.26. The van der Waals surface area contributed by atoms with Gasteiger partial charge in [0.25, 0.3) is 0 Å². The maximum Gasteiger partial charge on any atom is 0.120 e. The van der Waals surface area contributed by atoms with E-state index in [1.165, 1.54) is 0 Å². The van der Waals surface area contributed by atoms with Crippen molar-refractivity contribution in [2.24, 2.45) is 5.92 Å². The molecule has 1 aliphatic rings. The van der Waals surface area contributed by atoms with E-state index in [-0.39, 0.29) is 0 Å². The van der Waals surface area contributed by atoms with Crippen LogP contribution in [0.2, 0.25) is 0 Å². The Morgan fingerprint density at radius 3 is 3.08 bits per heavy atom. The number of allylic oxidation sites excluding steroid dienone is 2. The van der Waals surface area contributed by atoms with Gasteiger partial charge in [-0.3, -0.25) is 0 Å². The van der Waals surface area contributed by atoms with Gasteiger partial charge in [0.05, 0.1) is 0 Å². The lowest BCUT2D eigenvalue weighted by molar-refractivity contribution is -0.108. The molecular weight excluding hydrogens is 148 g/mol. The van der Waals surface area contributed by atoms with Crippen molar-refractivity contribution in [2.45, 2.75) is 32.1 Å². The lowest BCUT2D eigenvalue weighted by Gasteiger charge is -2.18. The van der Waals surface area contributed by atoms with Gasteiger partial charge in [-0.2, -0.15) is 0 Å². The van der Waals surface area contributed by atoms with Crippen LogP contribution in [-0.4, -0.2) is 6.29 Å². The van der Waals surface area contributed by atoms with Crippen molar-refractivity contribution < 1.29 is 4.79 Å². The summed E-state index contributed by atoms with van der Waals surface area (Å²) in [5.74, 6) is 3.36. The minimum Gasteiger partial charge on any atom is -0.303 e. The van der Waals surface area contributed by atoms with Crippen LogP contribution >= 0.6 is 0 Å². The van der Waals surface area contributed by atoms with E-state index in [2.05, 4.69) is 12.0 Å². The summed E-state index contributed by atoms with van der Waals surface area (Å²) in [4.78, 5) is 10.1. The highest BCUT2D eigenvalue weighted by Gasteiger charge is 2.12. The van der Waals surface area contributed by atoms with Crippen LogP contribution in [0.1, 0.15) is 32.1 Å². The standard InChI is InChI=1S/C11H14O/c1-2-10-5-7-11(8-6-10)4-3-9-12/h1,5,9,11H,3-4,6-8H2. The lowest BCUT2D eigenvalue weighted by Crippen LogP contribution is -2.05. The molecule has 0 N–H and O–H groups in total. The van der Waals surface area contributed by atoms with Crippen molar-refractivity contribution >= 4 is 6.29 Å². The topological polar surface area (TPSA) is 17.1 Å². The maximum atomic E-state index is 10.1.